The molecule has 0 spiro atoms. The number of nitrogens with zero attached hydrogens (tertiary/aromatic N) is 3. The first-order valence-electron chi connectivity index (χ1n) is 14.9. The van der Waals surface area contributed by atoms with Gasteiger partial charge in [0, 0.05) is 43.5 Å². The Hall–Kier alpha value is -4.00. The van der Waals surface area contributed by atoms with Crippen molar-refractivity contribution in [1.82, 2.24) is 9.80 Å². The molecular formula is C34H39N3O4. The molecule has 6 rings (SSSR count). The van der Waals surface area contributed by atoms with E-state index >= 15 is 0 Å². The van der Waals surface area contributed by atoms with Crippen molar-refractivity contribution in [3.63, 3.8) is 0 Å². The molecule has 7 nitrogen and oxygen atoms in total. The van der Waals surface area contributed by atoms with Gasteiger partial charge in [0.15, 0.2) is 11.5 Å². The van der Waals surface area contributed by atoms with E-state index < -0.39 is 12.0 Å². The lowest BCUT2D eigenvalue weighted by molar-refractivity contribution is -0.135. The molecule has 0 N–H and O–H groups in total. The maximum absolute atomic E-state index is 14.6. The van der Waals surface area contributed by atoms with E-state index in [4.69, 9.17) is 9.47 Å². The first kappa shape index (κ1) is 27.2. The Morgan fingerprint density at radius 1 is 0.878 bits per heavy atom. The van der Waals surface area contributed by atoms with Crippen molar-refractivity contribution in [3.8, 4) is 11.5 Å². The summed E-state index contributed by atoms with van der Waals surface area (Å²) in [6, 6.07) is 20.1. The van der Waals surface area contributed by atoms with Crippen molar-refractivity contribution >= 4 is 17.5 Å². The molecule has 1 saturated heterocycles. The van der Waals surface area contributed by atoms with Crippen LogP contribution in [0.4, 0.5) is 5.69 Å². The van der Waals surface area contributed by atoms with E-state index in [0.717, 1.165) is 23.2 Å². The zero-order valence-corrected chi connectivity index (χ0v) is 24.4. The summed E-state index contributed by atoms with van der Waals surface area (Å²) >= 11 is 0. The van der Waals surface area contributed by atoms with Gasteiger partial charge in [0.25, 0.3) is 5.91 Å². The van der Waals surface area contributed by atoms with Crippen molar-refractivity contribution in [2.24, 2.45) is 0 Å². The van der Waals surface area contributed by atoms with E-state index in [2.05, 4.69) is 49.1 Å². The third kappa shape index (κ3) is 4.81. The third-order valence-electron chi connectivity index (χ3n) is 8.76. The van der Waals surface area contributed by atoms with Crippen LogP contribution in [0.15, 0.2) is 60.7 Å². The Bertz CT molecular complexity index is 1450. The van der Waals surface area contributed by atoms with Gasteiger partial charge in [-0.15, -0.1) is 0 Å². The molecule has 3 heterocycles. The summed E-state index contributed by atoms with van der Waals surface area (Å²) < 4.78 is 11.9. The number of anilines is 1. The van der Waals surface area contributed by atoms with Crippen LogP contribution in [0.5, 0.6) is 11.5 Å². The number of aryl methyl sites for hydroxylation is 1. The van der Waals surface area contributed by atoms with Gasteiger partial charge < -0.3 is 24.2 Å². The van der Waals surface area contributed by atoms with E-state index in [1.54, 1.807) is 0 Å². The number of carbonyl (C=O) groups excluding carboxylic acids is 2. The van der Waals surface area contributed by atoms with Crippen LogP contribution in [0, 0.1) is 6.92 Å². The van der Waals surface area contributed by atoms with Crippen molar-refractivity contribution in [3.05, 3.63) is 88.5 Å². The molecule has 0 bridgehead atoms. The van der Waals surface area contributed by atoms with Gasteiger partial charge in [0.05, 0.1) is 25.2 Å². The highest BCUT2D eigenvalue weighted by molar-refractivity contribution is 6.01. The number of carbonyl (C=O) groups is 2. The first-order chi connectivity index (χ1) is 19.9. The third-order valence-corrected chi connectivity index (χ3v) is 8.76. The van der Waals surface area contributed by atoms with Crippen LogP contribution in [0.3, 0.4) is 0 Å². The maximum atomic E-state index is 14.6. The van der Waals surface area contributed by atoms with Gasteiger partial charge in [-0.2, -0.15) is 0 Å². The largest absolute Gasteiger partial charge is 0.490 e. The summed E-state index contributed by atoms with van der Waals surface area (Å²) in [5.74, 6) is 0.953. The molecule has 3 atom stereocenters. The second-order valence-corrected chi connectivity index (χ2v) is 11.3. The minimum atomic E-state index is -0.492. The average Bonchev–Trinajstić information content (AvgIpc) is 2.98. The number of ether oxygens (including phenoxy) is 2. The van der Waals surface area contributed by atoms with Crippen LogP contribution in [0.1, 0.15) is 65.3 Å². The fourth-order valence-electron chi connectivity index (χ4n) is 6.81. The van der Waals surface area contributed by atoms with Crippen LogP contribution in [0.25, 0.3) is 0 Å². The molecule has 2 amide bonds. The quantitative estimate of drug-likeness (QED) is 0.411. The fourth-order valence-corrected chi connectivity index (χ4v) is 6.81. The molecule has 41 heavy (non-hydrogen) atoms. The molecule has 0 saturated carbocycles. The molecule has 0 aliphatic carbocycles. The number of amides is 2. The second kappa shape index (κ2) is 11.1. The highest BCUT2D eigenvalue weighted by atomic mass is 16.5. The predicted octanol–water partition coefficient (Wildman–Crippen LogP) is 5.37. The van der Waals surface area contributed by atoms with E-state index in [-0.39, 0.29) is 17.9 Å². The zero-order chi connectivity index (χ0) is 28.7. The standard InChI is InChI=1S/C34H39N3O4/c1-5-40-29-19-24-15-16-37-32(28(24)20-30(29)41-6-2)31(26-9-7-8-10-27(26)33(37)38)34(39)35-17-18-36(23(4)21-35)25-13-11-22(3)12-14-25/h7-14,19-20,23,31-32H,5-6,15-18,21H2,1-4H3/t23-,31-,32+/m0/s1. The Morgan fingerprint density at radius 2 is 1.59 bits per heavy atom. The number of rotatable bonds is 6. The van der Waals surface area contributed by atoms with Gasteiger partial charge in [0.1, 0.15) is 0 Å². The summed E-state index contributed by atoms with van der Waals surface area (Å²) in [4.78, 5) is 34.7. The van der Waals surface area contributed by atoms with Gasteiger partial charge in [-0.1, -0.05) is 35.9 Å². The highest BCUT2D eigenvalue weighted by Crippen LogP contribution is 2.49. The lowest BCUT2D eigenvalue weighted by Crippen LogP contribution is -2.57. The number of fused-ring (bicyclic) bond motifs is 4. The van der Waals surface area contributed by atoms with E-state index in [1.807, 2.05) is 54.0 Å². The molecule has 3 aliphatic heterocycles. The maximum Gasteiger partial charge on any atom is 0.254 e. The molecular weight excluding hydrogens is 514 g/mol. The van der Waals surface area contributed by atoms with Crippen LogP contribution in [0.2, 0.25) is 0 Å². The Balaban J connectivity index is 1.38. The summed E-state index contributed by atoms with van der Waals surface area (Å²) in [6.07, 6.45) is 0.708. The summed E-state index contributed by atoms with van der Waals surface area (Å²) in [5.41, 5.74) is 5.96. The molecule has 7 heteroatoms. The molecule has 0 unspecified atom stereocenters. The van der Waals surface area contributed by atoms with Crippen LogP contribution in [-0.4, -0.2) is 67.0 Å². The van der Waals surface area contributed by atoms with Gasteiger partial charge in [0.2, 0.25) is 5.91 Å². The number of hydrogen-bond acceptors (Lipinski definition) is 5. The first-order valence-corrected chi connectivity index (χ1v) is 14.9. The van der Waals surface area contributed by atoms with Crippen molar-refractivity contribution in [1.29, 1.82) is 0 Å². The van der Waals surface area contributed by atoms with Crippen LogP contribution < -0.4 is 14.4 Å². The minimum Gasteiger partial charge on any atom is -0.490 e. The average molecular weight is 554 g/mol. The van der Waals surface area contributed by atoms with Crippen molar-refractivity contribution in [2.75, 3.05) is 44.3 Å². The summed E-state index contributed by atoms with van der Waals surface area (Å²) in [5, 5.41) is 0. The molecule has 3 aliphatic rings. The zero-order valence-electron chi connectivity index (χ0n) is 24.4. The normalized spacial score (nSPS) is 21.6. The number of benzene rings is 3. The second-order valence-electron chi connectivity index (χ2n) is 11.3. The monoisotopic (exact) mass is 553 g/mol. The summed E-state index contributed by atoms with van der Waals surface area (Å²) in [6.45, 7) is 11.8. The lowest BCUT2D eigenvalue weighted by atomic mass is 9.75. The van der Waals surface area contributed by atoms with Crippen molar-refractivity contribution < 1.29 is 19.1 Å². The minimum absolute atomic E-state index is 0.00953. The van der Waals surface area contributed by atoms with E-state index in [9.17, 15) is 9.59 Å². The van der Waals surface area contributed by atoms with Gasteiger partial charge >= 0.3 is 0 Å². The SMILES string of the molecule is CCOc1cc2c(cc1OCC)[C@@H]1[C@@H](C(=O)N3CCN(c4ccc(C)cc4)[C@@H](C)C3)c3ccccc3C(=O)N1CC2. The Kier molecular flexibility index (Phi) is 7.37. The molecule has 3 aromatic rings. The fraction of sp³-hybridized carbons (Fsp3) is 0.412. The molecule has 0 radical (unpaired) electrons. The Labute approximate surface area is 242 Å². The molecule has 214 valence electrons. The van der Waals surface area contributed by atoms with Gasteiger partial charge in [-0.25, -0.2) is 0 Å². The van der Waals surface area contributed by atoms with Gasteiger partial charge in [-0.05, 0) is 81.1 Å². The number of hydrogen-bond donors (Lipinski definition) is 0. The van der Waals surface area contributed by atoms with Crippen LogP contribution >= 0.6 is 0 Å². The predicted molar refractivity (Wildman–Crippen MR) is 160 cm³/mol. The molecule has 1 fully saturated rings. The molecule has 0 aromatic heterocycles. The summed E-state index contributed by atoms with van der Waals surface area (Å²) in [7, 11) is 0. The number of piperazine rings is 1. The van der Waals surface area contributed by atoms with Crippen LogP contribution in [-0.2, 0) is 11.2 Å². The van der Waals surface area contributed by atoms with Crippen molar-refractivity contribution in [2.45, 2.75) is 52.1 Å². The Morgan fingerprint density at radius 3 is 2.29 bits per heavy atom. The molecule has 3 aromatic carbocycles. The van der Waals surface area contributed by atoms with E-state index in [0.29, 0.717) is 56.3 Å². The van der Waals surface area contributed by atoms with Gasteiger partial charge in [-0.3, -0.25) is 9.59 Å². The van der Waals surface area contributed by atoms with E-state index in [1.165, 1.54) is 11.3 Å². The highest BCUT2D eigenvalue weighted by Gasteiger charge is 2.48. The smallest absolute Gasteiger partial charge is 0.254 e. The lowest BCUT2D eigenvalue weighted by Gasteiger charge is -2.48. The topological polar surface area (TPSA) is 62.3 Å².